The molecule has 0 fully saturated rings. The minimum Gasteiger partial charge on any atom is -0.461 e. The van der Waals surface area contributed by atoms with Gasteiger partial charge in [0.15, 0.2) is 5.69 Å². The quantitative estimate of drug-likeness (QED) is 0.707. The van der Waals surface area contributed by atoms with Crippen LogP contribution in [0.3, 0.4) is 0 Å². The highest BCUT2D eigenvalue weighted by atomic mass is 32.2. The molecule has 0 aliphatic rings. The summed E-state index contributed by atoms with van der Waals surface area (Å²) in [6, 6.07) is 1.63. The summed E-state index contributed by atoms with van der Waals surface area (Å²) in [5.41, 5.74) is 1.46. The molecule has 1 aromatic heterocycles. The summed E-state index contributed by atoms with van der Waals surface area (Å²) in [6.45, 7) is 7.76. The Morgan fingerprint density at radius 1 is 1.67 bits per heavy atom. The van der Waals surface area contributed by atoms with Crippen molar-refractivity contribution < 1.29 is 14.1 Å². The molecule has 0 saturated heterocycles. The molecule has 1 aromatic rings. The smallest absolute Gasteiger partial charge is 0.360 e. The molecule has 0 aromatic carbocycles. The third-order valence-corrected chi connectivity index (χ3v) is 2.91. The third-order valence-electron chi connectivity index (χ3n) is 2.17. The van der Waals surface area contributed by atoms with Crippen LogP contribution in [0.15, 0.2) is 33.6 Å². The first-order valence-corrected chi connectivity index (χ1v) is 6.66. The lowest BCUT2D eigenvalue weighted by molar-refractivity contribution is 0.0514. The van der Waals surface area contributed by atoms with Crippen molar-refractivity contribution in [3.63, 3.8) is 0 Å². The SMILES string of the molecule is C=CS/C=C(\C)CCc1cc(C(=O)OCC)no1. The van der Waals surface area contributed by atoms with Gasteiger partial charge in [0, 0.05) is 12.5 Å². The predicted molar refractivity (Wildman–Crippen MR) is 72.3 cm³/mol. The summed E-state index contributed by atoms with van der Waals surface area (Å²) >= 11 is 1.55. The minimum absolute atomic E-state index is 0.231. The lowest BCUT2D eigenvalue weighted by Crippen LogP contribution is -2.04. The molecule has 0 N–H and O–H groups in total. The molecule has 5 heteroatoms. The van der Waals surface area contributed by atoms with Gasteiger partial charge in [0.2, 0.25) is 0 Å². The first kappa shape index (κ1) is 14.6. The fraction of sp³-hybridized carbons (Fsp3) is 0.385. The van der Waals surface area contributed by atoms with E-state index in [0.29, 0.717) is 18.8 Å². The lowest BCUT2D eigenvalue weighted by Gasteiger charge is -1.97. The number of carbonyl (C=O) groups excluding carboxylic acids is 1. The molecule has 0 aliphatic heterocycles. The molecule has 0 spiro atoms. The molecule has 0 unspecified atom stereocenters. The van der Waals surface area contributed by atoms with Crippen molar-refractivity contribution in [1.29, 1.82) is 0 Å². The van der Waals surface area contributed by atoms with Crippen molar-refractivity contribution >= 4 is 17.7 Å². The first-order chi connectivity index (χ1) is 8.67. The van der Waals surface area contributed by atoms with E-state index in [9.17, 15) is 4.79 Å². The summed E-state index contributed by atoms with van der Waals surface area (Å²) in [5.74, 6) is 0.247. The Hall–Kier alpha value is -1.49. The second-order valence-electron chi connectivity index (χ2n) is 3.67. The van der Waals surface area contributed by atoms with E-state index in [1.54, 1.807) is 30.2 Å². The molecule has 4 nitrogen and oxygen atoms in total. The summed E-state index contributed by atoms with van der Waals surface area (Å²) in [7, 11) is 0. The average molecular weight is 267 g/mol. The largest absolute Gasteiger partial charge is 0.461 e. The van der Waals surface area contributed by atoms with E-state index < -0.39 is 5.97 Å². The highest BCUT2D eigenvalue weighted by Crippen LogP contribution is 2.14. The van der Waals surface area contributed by atoms with Gasteiger partial charge in [-0.2, -0.15) is 0 Å². The fourth-order valence-electron chi connectivity index (χ4n) is 1.28. The Labute approximate surface area is 111 Å². The van der Waals surface area contributed by atoms with Crippen LogP contribution in [0.5, 0.6) is 0 Å². The molecule has 0 saturated carbocycles. The van der Waals surface area contributed by atoms with E-state index in [4.69, 9.17) is 9.26 Å². The van der Waals surface area contributed by atoms with Crippen LogP contribution >= 0.6 is 11.8 Å². The van der Waals surface area contributed by atoms with E-state index >= 15 is 0 Å². The Balaban J connectivity index is 2.49. The van der Waals surface area contributed by atoms with Crippen molar-refractivity contribution in [2.24, 2.45) is 0 Å². The van der Waals surface area contributed by atoms with Crippen LogP contribution in [0.25, 0.3) is 0 Å². The summed E-state index contributed by atoms with van der Waals surface area (Å²) < 4.78 is 9.91. The van der Waals surface area contributed by atoms with Crippen LogP contribution in [-0.4, -0.2) is 17.7 Å². The van der Waals surface area contributed by atoms with Gasteiger partial charge in [-0.3, -0.25) is 0 Å². The Bertz CT molecular complexity index is 437. The van der Waals surface area contributed by atoms with Crippen molar-refractivity contribution in [1.82, 2.24) is 5.16 Å². The van der Waals surface area contributed by atoms with Crippen molar-refractivity contribution in [3.8, 4) is 0 Å². The molecule has 0 amide bonds. The van der Waals surface area contributed by atoms with Gasteiger partial charge in [0.05, 0.1) is 6.61 Å². The first-order valence-electron chi connectivity index (χ1n) is 5.72. The maximum Gasteiger partial charge on any atom is 0.360 e. The van der Waals surface area contributed by atoms with Crippen LogP contribution in [0.4, 0.5) is 0 Å². The molecule has 1 heterocycles. The highest BCUT2D eigenvalue weighted by Gasteiger charge is 2.13. The normalized spacial score (nSPS) is 11.3. The molecule has 0 aliphatic carbocycles. The third kappa shape index (κ3) is 4.79. The molecular weight excluding hydrogens is 250 g/mol. The lowest BCUT2D eigenvalue weighted by atomic mass is 10.1. The van der Waals surface area contributed by atoms with Gasteiger partial charge in [0.25, 0.3) is 0 Å². The number of hydrogen-bond acceptors (Lipinski definition) is 5. The molecule has 0 bridgehead atoms. The Morgan fingerprint density at radius 3 is 3.11 bits per heavy atom. The summed E-state index contributed by atoms with van der Waals surface area (Å²) in [5, 5.41) is 7.50. The summed E-state index contributed by atoms with van der Waals surface area (Å²) in [4.78, 5) is 11.4. The maximum atomic E-state index is 11.4. The van der Waals surface area contributed by atoms with Gasteiger partial charge >= 0.3 is 5.97 Å². The van der Waals surface area contributed by atoms with Crippen molar-refractivity contribution in [2.75, 3.05) is 6.61 Å². The molecular formula is C13H17NO3S. The van der Waals surface area contributed by atoms with Crippen molar-refractivity contribution in [3.05, 3.63) is 40.5 Å². The monoisotopic (exact) mass is 267 g/mol. The minimum atomic E-state index is -0.443. The standard InChI is InChI=1S/C13H17NO3S/c1-4-16-13(15)12-8-11(17-14-12)7-6-10(3)9-18-5-2/h5,8-9H,2,4,6-7H2,1,3H3/b10-9+. The second-order valence-corrected chi connectivity index (χ2v) is 4.51. The van der Waals surface area contributed by atoms with Crippen molar-refractivity contribution in [2.45, 2.75) is 26.7 Å². The topological polar surface area (TPSA) is 52.3 Å². The molecule has 1 rings (SSSR count). The van der Waals surface area contributed by atoms with E-state index in [2.05, 4.69) is 11.7 Å². The number of ether oxygens (including phenoxy) is 1. The van der Waals surface area contributed by atoms with Gasteiger partial charge in [-0.25, -0.2) is 4.79 Å². The maximum absolute atomic E-state index is 11.4. The number of allylic oxidation sites excluding steroid dienone is 1. The van der Waals surface area contributed by atoms with E-state index in [1.807, 2.05) is 12.3 Å². The predicted octanol–water partition coefficient (Wildman–Crippen LogP) is 3.56. The number of esters is 1. The summed E-state index contributed by atoms with van der Waals surface area (Å²) in [6.07, 6.45) is 1.57. The van der Waals surface area contributed by atoms with Gasteiger partial charge in [-0.15, -0.1) is 11.8 Å². The van der Waals surface area contributed by atoms with Gasteiger partial charge in [-0.1, -0.05) is 17.3 Å². The van der Waals surface area contributed by atoms with Crippen LogP contribution in [0.1, 0.15) is 36.5 Å². The van der Waals surface area contributed by atoms with Crippen LogP contribution < -0.4 is 0 Å². The number of carbonyl (C=O) groups is 1. The number of rotatable bonds is 7. The number of aromatic nitrogens is 1. The van der Waals surface area contributed by atoms with Crippen LogP contribution in [0.2, 0.25) is 0 Å². The zero-order valence-electron chi connectivity index (χ0n) is 10.6. The van der Waals surface area contributed by atoms with Crippen LogP contribution in [0, 0.1) is 0 Å². The average Bonchev–Trinajstić information content (AvgIpc) is 2.83. The van der Waals surface area contributed by atoms with E-state index in [-0.39, 0.29) is 5.69 Å². The highest BCUT2D eigenvalue weighted by molar-refractivity contribution is 8.04. The zero-order valence-corrected chi connectivity index (χ0v) is 11.5. The van der Waals surface area contributed by atoms with Gasteiger partial charge < -0.3 is 9.26 Å². The van der Waals surface area contributed by atoms with Crippen LogP contribution in [-0.2, 0) is 11.2 Å². The Kier molecular flexibility index (Phi) is 6.28. The second kappa shape index (κ2) is 7.76. The van der Waals surface area contributed by atoms with E-state index in [0.717, 1.165) is 6.42 Å². The Morgan fingerprint density at radius 2 is 2.44 bits per heavy atom. The molecule has 0 radical (unpaired) electrons. The molecule has 98 valence electrons. The van der Waals surface area contributed by atoms with Gasteiger partial charge in [0.1, 0.15) is 5.76 Å². The van der Waals surface area contributed by atoms with Gasteiger partial charge in [-0.05, 0) is 31.1 Å². The molecule has 0 atom stereocenters. The number of aryl methyl sites for hydroxylation is 1. The van der Waals surface area contributed by atoms with E-state index in [1.165, 1.54) is 5.57 Å². The fourth-order valence-corrected chi connectivity index (χ4v) is 1.72. The number of nitrogens with zero attached hydrogens (tertiary/aromatic N) is 1. The number of thioether (sulfide) groups is 1. The number of hydrogen-bond donors (Lipinski definition) is 0. The zero-order chi connectivity index (χ0) is 13.4. The molecule has 18 heavy (non-hydrogen) atoms.